The molecule has 1 aliphatic rings. The fourth-order valence-electron chi connectivity index (χ4n) is 2.37. The fraction of sp³-hybridized carbons (Fsp3) is 0.500. The third-order valence-corrected chi connectivity index (χ3v) is 3.38. The second-order valence-electron chi connectivity index (χ2n) is 4.72. The van der Waals surface area contributed by atoms with Crippen LogP contribution in [0.25, 0.3) is 0 Å². The highest BCUT2D eigenvalue weighted by Crippen LogP contribution is 2.22. The minimum Gasteiger partial charge on any atom is -0.343 e. The van der Waals surface area contributed by atoms with Gasteiger partial charge in [-0.3, -0.25) is 9.89 Å². The first-order chi connectivity index (χ1) is 9.25. The molecule has 2 N–H and O–H groups in total. The number of amides is 1. The van der Waals surface area contributed by atoms with Crippen LogP contribution in [0.5, 0.6) is 0 Å². The van der Waals surface area contributed by atoms with Crippen LogP contribution in [0.4, 0.5) is 0 Å². The van der Waals surface area contributed by atoms with Crippen molar-refractivity contribution < 1.29 is 9.32 Å². The van der Waals surface area contributed by atoms with E-state index in [0.29, 0.717) is 11.5 Å². The summed E-state index contributed by atoms with van der Waals surface area (Å²) in [6, 6.07) is -0.304. The molecule has 19 heavy (non-hydrogen) atoms. The van der Waals surface area contributed by atoms with E-state index >= 15 is 0 Å². The molecule has 0 radical (unpaired) electrons. The van der Waals surface area contributed by atoms with E-state index in [1.807, 2.05) is 6.92 Å². The van der Waals surface area contributed by atoms with Gasteiger partial charge in [0.25, 0.3) is 5.91 Å². The molecule has 1 atom stereocenters. The second-order valence-corrected chi connectivity index (χ2v) is 4.72. The van der Waals surface area contributed by atoms with Gasteiger partial charge < -0.3 is 9.84 Å². The van der Waals surface area contributed by atoms with Crippen LogP contribution in [-0.2, 0) is 12.8 Å². The van der Waals surface area contributed by atoms with E-state index in [-0.39, 0.29) is 11.9 Å². The van der Waals surface area contributed by atoms with Gasteiger partial charge >= 0.3 is 0 Å². The summed E-state index contributed by atoms with van der Waals surface area (Å²) < 4.78 is 4.66. The molecule has 0 aliphatic heterocycles. The van der Waals surface area contributed by atoms with Gasteiger partial charge in [0.2, 0.25) is 6.39 Å². The Morgan fingerprint density at radius 1 is 1.47 bits per heavy atom. The lowest BCUT2D eigenvalue weighted by atomic mass is 9.96. The van der Waals surface area contributed by atoms with Crippen LogP contribution >= 0.6 is 0 Å². The fourth-order valence-corrected chi connectivity index (χ4v) is 2.37. The highest BCUT2D eigenvalue weighted by Gasteiger charge is 2.23. The summed E-state index contributed by atoms with van der Waals surface area (Å²) in [5.74, 6) is 0.259. The van der Waals surface area contributed by atoms with E-state index in [1.165, 1.54) is 6.39 Å². The van der Waals surface area contributed by atoms with Gasteiger partial charge in [-0.05, 0) is 32.6 Å². The van der Waals surface area contributed by atoms with Crippen molar-refractivity contribution in [1.29, 1.82) is 0 Å². The smallest absolute Gasteiger partial charge is 0.272 e. The molecule has 0 fully saturated rings. The normalized spacial score (nSPS) is 15.8. The lowest BCUT2D eigenvalue weighted by Crippen LogP contribution is -2.28. The molecule has 2 aromatic rings. The Labute approximate surface area is 109 Å². The topological polar surface area (TPSA) is 96.7 Å². The summed E-state index contributed by atoms with van der Waals surface area (Å²) in [6.07, 6.45) is 5.37. The van der Waals surface area contributed by atoms with Crippen LogP contribution in [0.3, 0.4) is 0 Å². The largest absolute Gasteiger partial charge is 0.343 e. The van der Waals surface area contributed by atoms with E-state index in [4.69, 9.17) is 0 Å². The first-order valence-electron chi connectivity index (χ1n) is 6.39. The van der Waals surface area contributed by atoms with Crippen molar-refractivity contribution in [2.24, 2.45) is 0 Å². The average molecular weight is 261 g/mol. The average Bonchev–Trinajstić information content (AvgIpc) is 3.08. The number of aromatic amines is 1. The molecule has 0 saturated heterocycles. The molecule has 2 aromatic heterocycles. The number of carbonyl (C=O) groups excluding carboxylic acids is 1. The highest BCUT2D eigenvalue weighted by molar-refractivity contribution is 5.94. The Hall–Kier alpha value is -2.18. The van der Waals surface area contributed by atoms with Crippen LogP contribution in [0, 0.1) is 0 Å². The highest BCUT2D eigenvalue weighted by atomic mass is 16.5. The standard InChI is InChI=1S/C12H15N5O2/c1-7(11-13-6-19-17-11)14-12(18)10-8-4-2-3-5-9(8)15-16-10/h6-7H,2-5H2,1H3,(H,14,18)(H,15,16)/t7-/m0/s1. The summed E-state index contributed by atoms with van der Waals surface area (Å²) in [7, 11) is 0. The number of rotatable bonds is 3. The lowest BCUT2D eigenvalue weighted by molar-refractivity contribution is 0.0931. The third kappa shape index (κ3) is 2.23. The number of fused-ring (bicyclic) bond motifs is 1. The zero-order valence-corrected chi connectivity index (χ0v) is 10.6. The number of carbonyl (C=O) groups is 1. The summed E-state index contributed by atoms with van der Waals surface area (Å²) in [5, 5.41) is 13.6. The summed E-state index contributed by atoms with van der Waals surface area (Å²) in [6.45, 7) is 1.81. The van der Waals surface area contributed by atoms with Crippen molar-refractivity contribution in [2.45, 2.75) is 38.6 Å². The quantitative estimate of drug-likeness (QED) is 0.864. The van der Waals surface area contributed by atoms with Crippen molar-refractivity contribution in [3.8, 4) is 0 Å². The first-order valence-corrected chi connectivity index (χ1v) is 6.39. The van der Waals surface area contributed by atoms with Gasteiger partial charge in [-0.2, -0.15) is 10.1 Å². The minimum atomic E-state index is -0.304. The maximum Gasteiger partial charge on any atom is 0.272 e. The molecule has 1 amide bonds. The van der Waals surface area contributed by atoms with Gasteiger partial charge in [0.05, 0.1) is 6.04 Å². The van der Waals surface area contributed by atoms with E-state index in [9.17, 15) is 4.79 Å². The Bertz CT molecular complexity index is 575. The van der Waals surface area contributed by atoms with Crippen molar-refractivity contribution in [3.63, 3.8) is 0 Å². The predicted molar refractivity (Wildman–Crippen MR) is 65.4 cm³/mol. The number of hydrogen-bond donors (Lipinski definition) is 2. The van der Waals surface area contributed by atoms with Crippen molar-refractivity contribution in [3.05, 3.63) is 29.2 Å². The van der Waals surface area contributed by atoms with Crippen molar-refractivity contribution >= 4 is 5.91 Å². The Morgan fingerprint density at radius 3 is 3.11 bits per heavy atom. The van der Waals surface area contributed by atoms with Crippen LogP contribution < -0.4 is 5.32 Å². The van der Waals surface area contributed by atoms with Gasteiger partial charge in [-0.25, -0.2) is 0 Å². The Morgan fingerprint density at radius 2 is 2.32 bits per heavy atom. The molecule has 0 saturated carbocycles. The van der Waals surface area contributed by atoms with Crippen LogP contribution in [0.2, 0.25) is 0 Å². The number of nitrogens with zero attached hydrogens (tertiary/aromatic N) is 3. The molecular weight excluding hydrogens is 246 g/mol. The molecule has 0 bridgehead atoms. The number of nitrogens with one attached hydrogen (secondary N) is 2. The van der Waals surface area contributed by atoms with Crippen molar-refractivity contribution in [1.82, 2.24) is 25.7 Å². The van der Waals surface area contributed by atoms with E-state index in [1.54, 1.807) is 0 Å². The van der Waals surface area contributed by atoms with Gasteiger partial charge in [0, 0.05) is 11.3 Å². The molecule has 100 valence electrons. The molecule has 2 heterocycles. The third-order valence-electron chi connectivity index (χ3n) is 3.38. The molecule has 0 aromatic carbocycles. The van der Waals surface area contributed by atoms with E-state index in [0.717, 1.165) is 36.9 Å². The molecule has 7 nitrogen and oxygen atoms in total. The van der Waals surface area contributed by atoms with Gasteiger partial charge in [-0.15, -0.1) is 0 Å². The number of aromatic nitrogens is 4. The molecular formula is C12H15N5O2. The SMILES string of the molecule is C[C@H](NC(=O)c1n[nH]c2c1CCCC2)c1ncon1. The summed E-state index contributed by atoms with van der Waals surface area (Å²) >= 11 is 0. The second kappa shape index (κ2) is 4.83. The maximum atomic E-state index is 12.2. The first kappa shape index (κ1) is 11.9. The van der Waals surface area contributed by atoms with Crippen LogP contribution in [-0.4, -0.2) is 26.2 Å². The Balaban J connectivity index is 1.75. The number of hydrogen-bond acceptors (Lipinski definition) is 5. The van der Waals surface area contributed by atoms with E-state index < -0.39 is 0 Å². The predicted octanol–water partition coefficient (Wildman–Crippen LogP) is 1.16. The zero-order chi connectivity index (χ0) is 13.2. The molecule has 3 rings (SSSR count). The van der Waals surface area contributed by atoms with E-state index in [2.05, 4.69) is 30.2 Å². The Kier molecular flexibility index (Phi) is 3.02. The van der Waals surface area contributed by atoms with Gasteiger partial charge in [0.15, 0.2) is 11.5 Å². The van der Waals surface area contributed by atoms with Gasteiger partial charge in [-0.1, -0.05) is 5.16 Å². The van der Waals surface area contributed by atoms with Gasteiger partial charge in [0.1, 0.15) is 0 Å². The minimum absolute atomic E-state index is 0.197. The van der Waals surface area contributed by atoms with Crippen molar-refractivity contribution in [2.75, 3.05) is 0 Å². The summed E-state index contributed by atoms with van der Waals surface area (Å²) in [5.41, 5.74) is 2.62. The number of H-pyrrole nitrogens is 1. The number of aryl methyl sites for hydroxylation is 1. The lowest BCUT2D eigenvalue weighted by Gasteiger charge is -2.12. The molecule has 7 heteroatoms. The molecule has 1 aliphatic carbocycles. The maximum absolute atomic E-state index is 12.2. The van der Waals surface area contributed by atoms with Crippen LogP contribution in [0.15, 0.2) is 10.9 Å². The molecule has 0 spiro atoms. The van der Waals surface area contributed by atoms with Crippen LogP contribution in [0.1, 0.15) is 53.4 Å². The summed E-state index contributed by atoms with van der Waals surface area (Å²) in [4.78, 5) is 16.1. The molecule has 0 unspecified atom stereocenters. The monoisotopic (exact) mass is 261 g/mol. The zero-order valence-electron chi connectivity index (χ0n) is 10.6.